The van der Waals surface area contributed by atoms with Crippen molar-refractivity contribution in [2.45, 2.75) is 12.1 Å². The monoisotopic (exact) mass is 333 g/mol. The van der Waals surface area contributed by atoms with Gasteiger partial charge in [0.05, 0.1) is 25.4 Å². The van der Waals surface area contributed by atoms with Gasteiger partial charge in [0, 0.05) is 29.9 Å². The van der Waals surface area contributed by atoms with Gasteiger partial charge in [0.25, 0.3) is 0 Å². The van der Waals surface area contributed by atoms with Crippen LogP contribution in [0.1, 0.15) is 23.3 Å². The average molecular weight is 334 g/mol. The first-order valence-electron chi connectivity index (χ1n) is 7.63. The first-order chi connectivity index (χ1) is 11.1. The lowest BCUT2D eigenvalue weighted by atomic mass is 9.98. The maximum absolute atomic E-state index is 10.5. The number of ether oxygens (including phenoxy) is 1. The van der Waals surface area contributed by atoms with Crippen LogP contribution in [0.5, 0.6) is 0 Å². The van der Waals surface area contributed by atoms with Crippen LogP contribution < -0.4 is 10.6 Å². The third kappa shape index (κ3) is 3.82. The van der Waals surface area contributed by atoms with Gasteiger partial charge < -0.3 is 20.5 Å². The highest BCUT2D eigenvalue weighted by Gasteiger charge is 2.20. The molecule has 2 atom stereocenters. The summed E-state index contributed by atoms with van der Waals surface area (Å²) in [6, 6.07) is 10.4. The number of hydrogen-bond acceptors (Lipinski definition) is 5. The largest absolute Gasteiger partial charge is 0.386 e. The number of nitrogens with zero attached hydrogens (tertiary/aromatic N) is 2. The zero-order valence-corrected chi connectivity index (χ0v) is 13.5. The molecule has 0 aliphatic carbocycles. The molecular weight excluding hydrogens is 314 g/mol. The molecule has 0 saturated carbocycles. The molecule has 122 valence electrons. The minimum absolute atomic E-state index is 0.525. The molecule has 23 heavy (non-hydrogen) atoms. The van der Waals surface area contributed by atoms with E-state index < -0.39 is 12.1 Å². The molecule has 3 rings (SSSR count). The predicted molar refractivity (Wildman–Crippen MR) is 90.6 cm³/mol. The number of nitrogens with two attached hydrogens (primary N) is 1. The smallest absolute Gasteiger partial charge is 0.128 e. The van der Waals surface area contributed by atoms with Crippen LogP contribution in [0.15, 0.2) is 42.6 Å². The van der Waals surface area contributed by atoms with E-state index in [1.54, 1.807) is 18.3 Å². The van der Waals surface area contributed by atoms with E-state index in [4.69, 9.17) is 22.1 Å². The van der Waals surface area contributed by atoms with Crippen LogP contribution in [-0.2, 0) is 4.74 Å². The Morgan fingerprint density at radius 3 is 2.35 bits per heavy atom. The van der Waals surface area contributed by atoms with Gasteiger partial charge in [0.15, 0.2) is 0 Å². The van der Waals surface area contributed by atoms with Crippen molar-refractivity contribution < 1.29 is 9.84 Å². The van der Waals surface area contributed by atoms with Gasteiger partial charge in [0.1, 0.15) is 5.82 Å². The summed E-state index contributed by atoms with van der Waals surface area (Å²) >= 11 is 5.88. The van der Waals surface area contributed by atoms with Crippen LogP contribution in [-0.4, -0.2) is 36.4 Å². The molecular formula is C17H20ClN3O2. The van der Waals surface area contributed by atoms with Crippen LogP contribution in [0, 0.1) is 0 Å². The van der Waals surface area contributed by atoms with Gasteiger partial charge in [-0.2, -0.15) is 0 Å². The van der Waals surface area contributed by atoms with E-state index in [1.807, 2.05) is 24.3 Å². The summed E-state index contributed by atoms with van der Waals surface area (Å²) in [4.78, 5) is 6.61. The number of benzene rings is 1. The summed E-state index contributed by atoms with van der Waals surface area (Å²) in [5.74, 6) is 0.893. The van der Waals surface area contributed by atoms with Crippen LogP contribution in [0.25, 0.3) is 0 Å². The van der Waals surface area contributed by atoms with Gasteiger partial charge in [-0.1, -0.05) is 29.8 Å². The van der Waals surface area contributed by atoms with Crippen molar-refractivity contribution in [1.29, 1.82) is 0 Å². The highest BCUT2D eigenvalue weighted by molar-refractivity contribution is 6.30. The lowest BCUT2D eigenvalue weighted by molar-refractivity contribution is 0.122. The normalized spacial score (nSPS) is 17.8. The number of hydrogen-bond donors (Lipinski definition) is 2. The van der Waals surface area contributed by atoms with Crippen molar-refractivity contribution in [3.8, 4) is 0 Å². The highest BCUT2D eigenvalue weighted by atomic mass is 35.5. The molecule has 2 aromatic rings. The summed E-state index contributed by atoms with van der Waals surface area (Å²) in [5, 5.41) is 11.1. The first-order valence-corrected chi connectivity index (χ1v) is 8.01. The van der Waals surface area contributed by atoms with Gasteiger partial charge >= 0.3 is 0 Å². The highest BCUT2D eigenvalue weighted by Crippen LogP contribution is 2.28. The molecule has 0 radical (unpaired) electrons. The van der Waals surface area contributed by atoms with Crippen LogP contribution >= 0.6 is 11.6 Å². The van der Waals surface area contributed by atoms with Crippen molar-refractivity contribution in [2.75, 3.05) is 31.2 Å². The fourth-order valence-electron chi connectivity index (χ4n) is 2.63. The number of aliphatic hydroxyl groups is 1. The Kier molecular flexibility index (Phi) is 5.13. The Labute approximate surface area is 140 Å². The van der Waals surface area contributed by atoms with Crippen molar-refractivity contribution in [3.63, 3.8) is 0 Å². The second-order valence-electron chi connectivity index (χ2n) is 5.57. The second kappa shape index (κ2) is 7.27. The zero-order valence-electron chi connectivity index (χ0n) is 12.7. The fourth-order valence-corrected chi connectivity index (χ4v) is 2.75. The topological polar surface area (TPSA) is 71.6 Å². The van der Waals surface area contributed by atoms with Crippen molar-refractivity contribution in [3.05, 3.63) is 58.7 Å². The van der Waals surface area contributed by atoms with Crippen molar-refractivity contribution in [1.82, 2.24) is 4.98 Å². The lowest BCUT2D eigenvalue weighted by Crippen LogP contribution is -2.36. The SMILES string of the molecule is NC(c1ccc(Cl)cc1)C(O)c1ccc(N2CCOCC2)nc1. The summed E-state index contributed by atoms with van der Waals surface area (Å²) in [6.45, 7) is 3.10. The Balaban J connectivity index is 1.71. The number of pyridine rings is 1. The van der Waals surface area contributed by atoms with Gasteiger partial charge in [-0.05, 0) is 23.8 Å². The average Bonchev–Trinajstić information content (AvgIpc) is 2.62. The number of aromatic nitrogens is 1. The third-order valence-electron chi connectivity index (χ3n) is 4.04. The van der Waals surface area contributed by atoms with Crippen LogP contribution in [0.3, 0.4) is 0 Å². The van der Waals surface area contributed by atoms with E-state index >= 15 is 0 Å². The molecule has 0 amide bonds. The molecule has 1 fully saturated rings. The molecule has 2 unspecified atom stereocenters. The molecule has 3 N–H and O–H groups in total. The maximum Gasteiger partial charge on any atom is 0.128 e. The molecule has 1 aliphatic heterocycles. The number of halogens is 1. The molecule has 5 nitrogen and oxygen atoms in total. The number of morpholine rings is 1. The minimum Gasteiger partial charge on any atom is -0.386 e. The number of anilines is 1. The Morgan fingerprint density at radius 2 is 1.74 bits per heavy atom. The summed E-state index contributed by atoms with van der Waals surface area (Å²) in [5.41, 5.74) is 7.68. The molecule has 1 saturated heterocycles. The van der Waals surface area contributed by atoms with Gasteiger partial charge in [-0.3, -0.25) is 0 Å². The molecule has 6 heteroatoms. The van der Waals surface area contributed by atoms with Crippen molar-refractivity contribution in [2.24, 2.45) is 5.73 Å². The molecule has 1 aliphatic rings. The molecule has 0 bridgehead atoms. The molecule has 1 aromatic carbocycles. The minimum atomic E-state index is -0.817. The third-order valence-corrected chi connectivity index (χ3v) is 4.29. The lowest BCUT2D eigenvalue weighted by Gasteiger charge is -2.28. The van der Waals surface area contributed by atoms with E-state index in [-0.39, 0.29) is 0 Å². The quantitative estimate of drug-likeness (QED) is 0.898. The fraction of sp³-hybridized carbons (Fsp3) is 0.353. The van der Waals surface area contributed by atoms with E-state index in [1.165, 1.54) is 0 Å². The Bertz CT molecular complexity index is 627. The molecule has 0 spiro atoms. The predicted octanol–water partition coefficient (Wildman–Crippen LogP) is 2.31. The van der Waals surface area contributed by atoms with E-state index in [0.717, 1.165) is 24.5 Å². The second-order valence-corrected chi connectivity index (χ2v) is 6.01. The molecule has 1 aromatic heterocycles. The molecule has 2 heterocycles. The van der Waals surface area contributed by atoms with E-state index in [9.17, 15) is 5.11 Å². The Hall–Kier alpha value is -1.66. The Morgan fingerprint density at radius 1 is 1.09 bits per heavy atom. The van der Waals surface area contributed by atoms with Crippen LogP contribution in [0.4, 0.5) is 5.82 Å². The van der Waals surface area contributed by atoms with Crippen molar-refractivity contribution >= 4 is 17.4 Å². The standard InChI is InChI=1S/C17H20ClN3O2/c18-14-4-1-12(2-5-14)16(19)17(22)13-3-6-15(20-11-13)21-7-9-23-10-8-21/h1-6,11,16-17,22H,7-10,19H2. The van der Waals surface area contributed by atoms with Gasteiger partial charge in [0.2, 0.25) is 0 Å². The van der Waals surface area contributed by atoms with Gasteiger partial charge in [-0.25, -0.2) is 4.98 Å². The number of aliphatic hydroxyl groups excluding tert-OH is 1. The summed E-state index contributed by atoms with van der Waals surface area (Å²) in [6.07, 6.45) is 0.869. The zero-order chi connectivity index (χ0) is 16.2. The van der Waals surface area contributed by atoms with Gasteiger partial charge in [-0.15, -0.1) is 0 Å². The summed E-state index contributed by atoms with van der Waals surface area (Å²) in [7, 11) is 0. The number of rotatable bonds is 4. The maximum atomic E-state index is 10.5. The van der Waals surface area contributed by atoms with Crippen LogP contribution in [0.2, 0.25) is 5.02 Å². The first kappa shape index (κ1) is 16.2. The summed E-state index contributed by atoms with van der Waals surface area (Å²) < 4.78 is 5.34. The van der Waals surface area contributed by atoms with E-state index in [0.29, 0.717) is 23.8 Å². The van der Waals surface area contributed by atoms with E-state index in [2.05, 4.69) is 9.88 Å².